The Morgan fingerprint density at radius 3 is 2.69 bits per heavy atom. The first kappa shape index (κ1) is 18.1. The molecule has 1 heterocycles. The molecule has 134 valence electrons. The van der Waals surface area contributed by atoms with E-state index in [0.717, 1.165) is 20.5 Å². The minimum Gasteiger partial charge on any atom is -0.329 e. The maximum atomic E-state index is 12.2. The van der Waals surface area contributed by atoms with Crippen LogP contribution in [0, 0.1) is 0 Å². The first-order valence-electron chi connectivity index (χ1n) is 8.23. The molecule has 1 aliphatic heterocycles. The fraction of sp³-hybridized carbons (Fsp3) is 0.211. The standard InChI is InChI=1S/C19H18BrN3O3/c20-16-7-2-1-5-14(16)8-9-17(24)22-15-6-3-4-13(10-15)12-23-18(25)11-21-19(23)26/h1-7,10H,8-9,11-12H2,(H,21,26)(H,22,24). The van der Waals surface area contributed by atoms with Gasteiger partial charge in [0.25, 0.3) is 0 Å². The van der Waals surface area contributed by atoms with Crippen molar-refractivity contribution in [2.24, 2.45) is 0 Å². The number of nitrogens with zero attached hydrogens (tertiary/aromatic N) is 1. The Labute approximate surface area is 159 Å². The first-order valence-corrected chi connectivity index (χ1v) is 9.02. The minimum absolute atomic E-state index is 0.0320. The van der Waals surface area contributed by atoms with Crippen LogP contribution in [0.3, 0.4) is 0 Å². The van der Waals surface area contributed by atoms with Gasteiger partial charge in [0, 0.05) is 16.6 Å². The Kier molecular flexibility index (Phi) is 5.68. The molecule has 0 saturated carbocycles. The molecule has 6 nitrogen and oxygen atoms in total. The Balaban J connectivity index is 1.58. The number of imide groups is 1. The number of nitrogens with one attached hydrogen (secondary N) is 2. The number of amides is 4. The second kappa shape index (κ2) is 8.14. The van der Waals surface area contributed by atoms with Crippen molar-refractivity contribution in [2.45, 2.75) is 19.4 Å². The molecule has 7 heteroatoms. The largest absolute Gasteiger partial charge is 0.329 e. The number of rotatable bonds is 6. The van der Waals surface area contributed by atoms with Crippen LogP contribution < -0.4 is 10.6 Å². The molecule has 0 unspecified atom stereocenters. The molecular formula is C19H18BrN3O3. The number of anilines is 1. The van der Waals surface area contributed by atoms with E-state index in [1.165, 1.54) is 0 Å². The highest BCUT2D eigenvalue weighted by molar-refractivity contribution is 9.10. The lowest BCUT2D eigenvalue weighted by Gasteiger charge is -2.13. The van der Waals surface area contributed by atoms with E-state index in [-0.39, 0.29) is 24.9 Å². The third-order valence-corrected chi connectivity index (χ3v) is 4.84. The van der Waals surface area contributed by atoms with E-state index in [1.807, 2.05) is 30.3 Å². The van der Waals surface area contributed by atoms with E-state index < -0.39 is 6.03 Å². The highest BCUT2D eigenvalue weighted by Gasteiger charge is 2.28. The molecule has 4 amide bonds. The van der Waals surface area contributed by atoms with E-state index in [4.69, 9.17) is 0 Å². The normalized spacial score (nSPS) is 13.7. The Morgan fingerprint density at radius 2 is 1.96 bits per heavy atom. The molecule has 3 rings (SSSR count). The van der Waals surface area contributed by atoms with Crippen molar-refractivity contribution in [1.29, 1.82) is 0 Å². The van der Waals surface area contributed by atoms with Gasteiger partial charge in [-0.2, -0.15) is 0 Å². The zero-order valence-corrected chi connectivity index (χ0v) is 15.6. The number of hydrogen-bond acceptors (Lipinski definition) is 3. The Bertz CT molecular complexity index is 837. The molecule has 1 aliphatic rings. The number of aryl methyl sites for hydroxylation is 1. The maximum absolute atomic E-state index is 12.2. The van der Waals surface area contributed by atoms with Crippen molar-refractivity contribution < 1.29 is 14.4 Å². The lowest BCUT2D eigenvalue weighted by Crippen LogP contribution is -2.30. The fourth-order valence-electron chi connectivity index (χ4n) is 2.72. The van der Waals surface area contributed by atoms with Crippen LogP contribution in [0.1, 0.15) is 17.5 Å². The molecule has 0 aromatic heterocycles. The van der Waals surface area contributed by atoms with Crippen molar-refractivity contribution in [3.63, 3.8) is 0 Å². The third-order valence-electron chi connectivity index (χ3n) is 4.07. The molecule has 0 bridgehead atoms. The van der Waals surface area contributed by atoms with Crippen LogP contribution in [0.15, 0.2) is 53.0 Å². The molecule has 1 fully saturated rings. The zero-order chi connectivity index (χ0) is 18.5. The Morgan fingerprint density at radius 1 is 1.15 bits per heavy atom. The second-order valence-corrected chi connectivity index (χ2v) is 6.83. The van der Waals surface area contributed by atoms with Crippen molar-refractivity contribution >= 4 is 39.5 Å². The number of benzene rings is 2. The molecule has 26 heavy (non-hydrogen) atoms. The average molecular weight is 416 g/mol. The number of urea groups is 1. The van der Waals surface area contributed by atoms with Gasteiger partial charge in [-0.05, 0) is 35.7 Å². The summed E-state index contributed by atoms with van der Waals surface area (Å²) >= 11 is 3.48. The van der Waals surface area contributed by atoms with Gasteiger partial charge in [0.1, 0.15) is 0 Å². The summed E-state index contributed by atoms with van der Waals surface area (Å²) in [4.78, 5) is 36.7. The van der Waals surface area contributed by atoms with E-state index in [0.29, 0.717) is 18.5 Å². The highest BCUT2D eigenvalue weighted by atomic mass is 79.9. The van der Waals surface area contributed by atoms with Gasteiger partial charge < -0.3 is 10.6 Å². The molecular weight excluding hydrogens is 398 g/mol. The van der Waals surface area contributed by atoms with Crippen molar-refractivity contribution in [3.05, 3.63) is 64.1 Å². The van der Waals surface area contributed by atoms with Crippen molar-refractivity contribution in [3.8, 4) is 0 Å². The minimum atomic E-state index is -0.391. The first-order chi connectivity index (χ1) is 12.5. The van der Waals surface area contributed by atoms with Crippen LogP contribution in [0.2, 0.25) is 0 Å². The second-order valence-electron chi connectivity index (χ2n) is 5.98. The SMILES string of the molecule is O=C(CCc1ccccc1Br)Nc1cccc(CN2C(=O)CNC2=O)c1. The lowest BCUT2D eigenvalue weighted by molar-refractivity contribution is -0.125. The van der Waals surface area contributed by atoms with Crippen LogP contribution >= 0.6 is 15.9 Å². The number of carbonyl (C=O) groups excluding carboxylic acids is 3. The van der Waals surface area contributed by atoms with Crippen LogP contribution in [0.4, 0.5) is 10.5 Å². The van der Waals surface area contributed by atoms with E-state index in [1.54, 1.807) is 18.2 Å². The molecule has 1 saturated heterocycles. The zero-order valence-electron chi connectivity index (χ0n) is 14.0. The summed E-state index contributed by atoms with van der Waals surface area (Å²) in [7, 11) is 0. The van der Waals surface area contributed by atoms with Gasteiger partial charge in [-0.15, -0.1) is 0 Å². The molecule has 0 atom stereocenters. The van der Waals surface area contributed by atoms with Crippen LogP contribution in [0.25, 0.3) is 0 Å². The van der Waals surface area contributed by atoms with Crippen molar-refractivity contribution in [2.75, 3.05) is 11.9 Å². The van der Waals surface area contributed by atoms with Gasteiger partial charge in [0.2, 0.25) is 11.8 Å². The molecule has 0 radical (unpaired) electrons. The number of halogens is 1. The van der Waals surface area contributed by atoms with Gasteiger partial charge in [0.05, 0.1) is 13.1 Å². The summed E-state index contributed by atoms with van der Waals surface area (Å²) in [5, 5.41) is 5.35. The molecule has 0 aliphatic carbocycles. The Hall–Kier alpha value is -2.67. The predicted molar refractivity (Wildman–Crippen MR) is 101 cm³/mol. The summed E-state index contributed by atoms with van der Waals surface area (Å²) in [5.74, 6) is -0.342. The predicted octanol–water partition coefficient (Wildman–Crippen LogP) is 3.07. The quantitative estimate of drug-likeness (QED) is 0.711. The third kappa shape index (κ3) is 4.49. The monoisotopic (exact) mass is 415 g/mol. The summed E-state index contributed by atoms with van der Waals surface area (Å²) < 4.78 is 0.989. The van der Waals surface area contributed by atoms with E-state index >= 15 is 0 Å². The maximum Gasteiger partial charge on any atom is 0.324 e. The van der Waals surface area contributed by atoms with Crippen molar-refractivity contribution in [1.82, 2.24) is 10.2 Å². The van der Waals surface area contributed by atoms with Gasteiger partial charge in [-0.3, -0.25) is 14.5 Å². The highest BCUT2D eigenvalue weighted by Crippen LogP contribution is 2.18. The van der Waals surface area contributed by atoms with Gasteiger partial charge in [0.15, 0.2) is 0 Å². The summed E-state index contributed by atoms with van der Waals surface area (Å²) in [6.45, 7) is 0.218. The van der Waals surface area contributed by atoms with Crippen LogP contribution in [0.5, 0.6) is 0 Å². The molecule has 2 aromatic carbocycles. The summed E-state index contributed by atoms with van der Waals surface area (Å²) in [6.07, 6.45) is 0.995. The summed E-state index contributed by atoms with van der Waals surface area (Å²) in [6, 6.07) is 14.6. The van der Waals surface area contributed by atoms with E-state index in [2.05, 4.69) is 26.6 Å². The van der Waals surface area contributed by atoms with Gasteiger partial charge in [-0.1, -0.05) is 46.3 Å². The smallest absolute Gasteiger partial charge is 0.324 e. The van der Waals surface area contributed by atoms with E-state index in [9.17, 15) is 14.4 Å². The number of carbonyl (C=O) groups is 3. The molecule has 2 N–H and O–H groups in total. The van der Waals surface area contributed by atoms with Crippen LogP contribution in [-0.2, 0) is 22.6 Å². The average Bonchev–Trinajstić information content (AvgIpc) is 2.93. The fourth-order valence-corrected chi connectivity index (χ4v) is 3.20. The molecule has 2 aromatic rings. The topological polar surface area (TPSA) is 78.5 Å². The number of hydrogen-bond donors (Lipinski definition) is 2. The van der Waals surface area contributed by atoms with Gasteiger partial charge in [-0.25, -0.2) is 4.79 Å². The lowest BCUT2D eigenvalue weighted by atomic mass is 10.1. The molecule has 0 spiro atoms. The summed E-state index contributed by atoms with van der Waals surface area (Å²) in [5.41, 5.74) is 2.50. The van der Waals surface area contributed by atoms with Gasteiger partial charge >= 0.3 is 6.03 Å². The van der Waals surface area contributed by atoms with Crippen LogP contribution in [-0.4, -0.2) is 29.3 Å².